The van der Waals surface area contributed by atoms with E-state index in [1.807, 2.05) is 0 Å². The van der Waals surface area contributed by atoms with Gasteiger partial charge >= 0.3 is 12.0 Å². The molecule has 3 atom stereocenters. The highest BCUT2D eigenvalue weighted by Crippen LogP contribution is 2.19. The fourth-order valence-corrected chi connectivity index (χ4v) is 3.05. The Morgan fingerprint density at radius 1 is 1.25 bits per heavy atom. The van der Waals surface area contributed by atoms with Crippen molar-refractivity contribution in [2.45, 2.75) is 44.7 Å². The van der Waals surface area contributed by atoms with Crippen molar-refractivity contribution in [1.82, 2.24) is 15.1 Å². The van der Waals surface area contributed by atoms with Crippen LogP contribution in [0.15, 0.2) is 0 Å². The van der Waals surface area contributed by atoms with E-state index in [0.29, 0.717) is 25.6 Å². The van der Waals surface area contributed by atoms with Crippen LogP contribution in [0.1, 0.15) is 32.6 Å². The number of carbonyl (C=O) groups excluding carboxylic acids is 1. The van der Waals surface area contributed by atoms with Crippen molar-refractivity contribution in [1.29, 1.82) is 0 Å². The summed E-state index contributed by atoms with van der Waals surface area (Å²) in [6.07, 6.45) is 3.36. The van der Waals surface area contributed by atoms with E-state index in [0.717, 1.165) is 25.8 Å². The molecule has 0 saturated carbocycles. The molecule has 2 N–H and O–H groups in total. The highest BCUT2D eigenvalue weighted by Gasteiger charge is 2.30. The number of carbonyl (C=O) groups is 2. The first-order chi connectivity index (χ1) is 9.47. The van der Waals surface area contributed by atoms with E-state index in [-0.39, 0.29) is 12.1 Å². The maximum Gasteiger partial charge on any atom is 0.317 e. The van der Waals surface area contributed by atoms with Gasteiger partial charge in [0.1, 0.15) is 0 Å². The van der Waals surface area contributed by atoms with E-state index in [2.05, 4.69) is 24.2 Å². The zero-order valence-electron chi connectivity index (χ0n) is 12.3. The molecule has 2 aliphatic heterocycles. The largest absolute Gasteiger partial charge is 0.481 e. The summed E-state index contributed by atoms with van der Waals surface area (Å²) in [5, 5.41) is 12.1. The zero-order valence-corrected chi connectivity index (χ0v) is 12.3. The SMILES string of the molecule is CC1CC(NC(=O)N2CCC[C@@H](C(=O)O)C2)CCN1C. The molecule has 0 aromatic rings. The molecular formula is C14H25N3O3. The number of rotatable bonds is 2. The van der Waals surface area contributed by atoms with Crippen molar-refractivity contribution in [2.75, 3.05) is 26.7 Å². The predicted octanol–water partition coefficient (Wildman–Crippen LogP) is 0.975. The van der Waals surface area contributed by atoms with Crippen LogP contribution in [0.4, 0.5) is 4.79 Å². The molecule has 114 valence electrons. The first-order valence-electron chi connectivity index (χ1n) is 7.46. The summed E-state index contributed by atoms with van der Waals surface area (Å²) >= 11 is 0. The summed E-state index contributed by atoms with van der Waals surface area (Å²) in [7, 11) is 2.10. The number of hydrogen-bond donors (Lipinski definition) is 2. The van der Waals surface area contributed by atoms with Crippen LogP contribution in [-0.4, -0.2) is 65.7 Å². The normalized spacial score (nSPS) is 31.9. The lowest BCUT2D eigenvalue weighted by molar-refractivity contribution is -0.143. The van der Waals surface area contributed by atoms with Crippen molar-refractivity contribution < 1.29 is 14.7 Å². The smallest absolute Gasteiger partial charge is 0.317 e. The zero-order chi connectivity index (χ0) is 14.7. The average molecular weight is 283 g/mol. The molecule has 2 heterocycles. The van der Waals surface area contributed by atoms with Gasteiger partial charge in [-0.2, -0.15) is 0 Å². The number of aliphatic carboxylic acids is 1. The van der Waals surface area contributed by atoms with E-state index in [1.165, 1.54) is 0 Å². The van der Waals surface area contributed by atoms with Crippen LogP contribution >= 0.6 is 0 Å². The minimum absolute atomic E-state index is 0.0993. The van der Waals surface area contributed by atoms with Crippen molar-refractivity contribution in [3.05, 3.63) is 0 Å². The second kappa shape index (κ2) is 6.43. The van der Waals surface area contributed by atoms with Crippen LogP contribution in [0.5, 0.6) is 0 Å². The summed E-state index contributed by atoms with van der Waals surface area (Å²) in [4.78, 5) is 27.2. The standard InChI is InChI=1S/C14H25N3O3/c1-10-8-12(5-7-16(10)2)15-14(20)17-6-3-4-11(9-17)13(18)19/h10-12H,3-9H2,1-2H3,(H,15,20)(H,18,19)/t10?,11-,12?/m1/s1. The summed E-state index contributed by atoms with van der Waals surface area (Å²) in [6, 6.07) is 0.582. The second-order valence-corrected chi connectivity index (χ2v) is 6.12. The number of hydrogen-bond acceptors (Lipinski definition) is 3. The Morgan fingerprint density at radius 3 is 2.65 bits per heavy atom. The molecule has 6 nitrogen and oxygen atoms in total. The van der Waals surface area contributed by atoms with Gasteiger partial charge in [0.25, 0.3) is 0 Å². The van der Waals surface area contributed by atoms with E-state index in [1.54, 1.807) is 4.90 Å². The highest BCUT2D eigenvalue weighted by molar-refractivity contribution is 5.76. The van der Waals surface area contributed by atoms with E-state index >= 15 is 0 Å². The molecule has 20 heavy (non-hydrogen) atoms. The third-order valence-electron chi connectivity index (χ3n) is 4.59. The Kier molecular flexibility index (Phi) is 4.86. The molecule has 2 rings (SSSR count). The third-order valence-corrected chi connectivity index (χ3v) is 4.59. The first-order valence-corrected chi connectivity index (χ1v) is 7.46. The molecule has 0 aromatic heterocycles. The number of piperidine rings is 2. The molecule has 0 aliphatic carbocycles. The van der Waals surface area contributed by atoms with Crippen LogP contribution in [0.25, 0.3) is 0 Å². The fraction of sp³-hybridized carbons (Fsp3) is 0.857. The Morgan fingerprint density at radius 2 is 2.00 bits per heavy atom. The molecule has 0 bridgehead atoms. The van der Waals surface area contributed by atoms with Crippen molar-refractivity contribution in [3.8, 4) is 0 Å². The number of nitrogens with one attached hydrogen (secondary N) is 1. The number of carboxylic acid groups (broad SMARTS) is 1. The quantitative estimate of drug-likeness (QED) is 0.792. The molecule has 2 saturated heterocycles. The monoisotopic (exact) mass is 283 g/mol. The Hall–Kier alpha value is -1.30. The fourth-order valence-electron chi connectivity index (χ4n) is 3.05. The summed E-state index contributed by atoms with van der Waals surface area (Å²) < 4.78 is 0. The number of likely N-dealkylation sites (tertiary alicyclic amines) is 2. The molecule has 2 aliphatic rings. The molecule has 2 unspecified atom stereocenters. The van der Waals surface area contributed by atoms with Crippen LogP contribution < -0.4 is 5.32 Å². The van der Waals surface area contributed by atoms with E-state index in [9.17, 15) is 9.59 Å². The van der Waals surface area contributed by atoms with Crippen molar-refractivity contribution in [2.24, 2.45) is 5.92 Å². The van der Waals surface area contributed by atoms with Gasteiger partial charge < -0.3 is 20.2 Å². The minimum atomic E-state index is -0.796. The maximum atomic E-state index is 12.2. The summed E-state index contributed by atoms with van der Waals surface area (Å²) in [5.74, 6) is -1.21. The van der Waals surface area contributed by atoms with Crippen molar-refractivity contribution in [3.63, 3.8) is 0 Å². The van der Waals surface area contributed by atoms with Crippen LogP contribution in [0.2, 0.25) is 0 Å². The third kappa shape index (κ3) is 3.62. The van der Waals surface area contributed by atoms with Gasteiger partial charge in [-0.15, -0.1) is 0 Å². The van der Waals surface area contributed by atoms with Crippen LogP contribution in [0.3, 0.4) is 0 Å². The first kappa shape index (κ1) is 15.1. The molecular weight excluding hydrogens is 258 g/mol. The molecule has 2 fully saturated rings. The van der Waals surface area contributed by atoms with Gasteiger partial charge in [-0.05, 0) is 39.7 Å². The Labute approximate surface area is 120 Å². The Balaban J connectivity index is 1.84. The molecule has 0 radical (unpaired) electrons. The molecule has 6 heteroatoms. The van der Waals surface area contributed by atoms with Gasteiger partial charge in [0, 0.05) is 31.7 Å². The average Bonchev–Trinajstić information content (AvgIpc) is 2.43. The lowest BCUT2D eigenvalue weighted by atomic mass is 9.98. The molecule has 0 spiro atoms. The second-order valence-electron chi connectivity index (χ2n) is 6.12. The van der Waals surface area contributed by atoms with Gasteiger partial charge in [0.2, 0.25) is 0 Å². The van der Waals surface area contributed by atoms with Gasteiger partial charge in [-0.1, -0.05) is 0 Å². The highest BCUT2D eigenvalue weighted by atomic mass is 16.4. The molecule has 0 aromatic carbocycles. The number of nitrogens with zero attached hydrogens (tertiary/aromatic N) is 2. The van der Waals surface area contributed by atoms with E-state index < -0.39 is 11.9 Å². The number of amides is 2. The van der Waals surface area contributed by atoms with E-state index in [4.69, 9.17) is 5.11 Å². The Bertz CT molecular complexity index is 375. The lowest BCUT2D eigenvalue weighted by Gasteiger charge is -2.37. The van der Waals surface area contributed by atoms with Gasteiger partial charge in [0.15, 0.2) is 0 Å². The van der Waals surface area contributed by atoms with Crippen LogP contribution in [0, 0.1) is 5.92 Å². The van der Waals surface area contributed by atoms with Crippen LogP contribution in [-0.2, 0) is 4.79 Å². The van der Waals surface area contributed by atoms with Gasteiger partial charge in [-0.3, -0.25) is 4.79 Å². The van der Waals surface area contributed by atoms with Gasteiger partial charge in [-0.25, -0.2) is 4.79 Å². The minimum Gasteiger partial charge on any atom is -0.481 e. The summed E-state index contributed by atoms with van der Waals surface area (Å²) in [5.41, 5.74) is 0. The number of urea groups is 1. The molecule has 2 amide bonds. The number of carboxylic acids is 1. The summed E-state index contributed by atoms with van der Waals surface area (Å²) in [6.45, 7) is 4.16. The van der Waals surface area contributed by atoms with Crippen molar-refractivity contribution >= 4 is 12.0 Å². The maximum absolute atomic E-state index is 12.2. The van der Waals surface area contributed by atoms with Gasteiger partial charge in [0.05, 0.1) is 5.92 Å². The predicted molar refractivity (Wildman–Crippen MR) is 75.6 cm³/mol. The lowest BCUT2D eigenvalue weighted by Crippen LogP contribution is -2.53. The topological polar surface area (TPSA) is 72.9 Å².